The third-order valence-corrected chi connectivity index (χ3v) is 5.00. The van der Waals surface area contributed by atoms with Gasteiger partial charge in [-0.15, -0.1) is 0 Å². The number of nitrogens with one attached hydrogen (secondary N) is 1. The van der Waals surface area contributed by atoms with Crippen molar-refractivity contribution in [2.45, 2.75) is 12.8 Å². The van der Waals surface area contributed by atoms with Gasteiger partial charge in [-0.2, -0.15) is 0 Å². The molecule has 0 saturated heterocycles. The van der Waals surface area contributed by atoms with Crippen LogP contribution in [0.4, 0.5) is 0 Å². The number of imidazole rings is 1. The van der Waals surface area contributed by atoms with E-state index in [4.69, 9.17) is 28.2 Å². The molecule has 0 amide bonds. The Morgan fingerprint density at radius 3 is 1.96 bits per heavy atom. The van der Waals surface area contributed by atoms with E-state index in [-0.39, 0.29) is 0 Å². The summed E-state index contributed by atoms with van der Waals surface area (Å²) in [5, 5.41) is 1.48. The highest BCUT2D eigenvalue weighted by molar-refractivity contribution is 6.30. The lowest BCUT2D eigenvalue weighted by Crippen LogP contribution is -1.93. The van der Waals surface area contributed by atoms with Crippen LogP contribution < -0.4 is 0 Å². The predicted molar refractivity (Wildman–Crippen MR) is 113 cm³/mol. The molecule has 0 unspecified atom stereocenters. The van der Waals surface area contributed by atoms with Crippen LogP contribution in [0.5, 0.6) is 0 Å². The van der Waals surface area contributed by atoms with Gasteiger partial charge < -0.3 is 4.98 Å². The second kappa shape index (κ2) is 7.99. The number of nitrogens with zero attached hydrogens (tertiary/aromatic N) is 1. The Bertz CT molecular complexity index is 1020. The van der Waals surface area contributed by atoms with Gasteiger partial charge in [-0.25, -0.2) is 4.98 Å². The first-order valence-electron chi connectivity index (χ1n) is 8.84. The van der Waals surface area contributed by atoms with Crippen molar-refractivity contribution < 1.29 is 0 Å². The van der Waals surface area contributed by atoms with E-state index >= 15 is 0 Å². The molecule has 27 heavy (non-hydrogen) atoms. The third kappa shape index (κ3) is 4.24. The summed E-state index contributed by atoms with van der Waals surface area (Å²) in [5.41, 5.74) is 5.39. The minimum Gasteiger partial charge on any atom is -0.341 e. The van der Waals surface area contributed by atoms with Gasteiger partial charge in [0.15, 0.2) is 0 Å². The van der Waals surface area contributed by atoms with Gasteiger partial charge in [0.2, 0.25) is 0 Å². The van der Waals surface area contributed by atoms with E-state index in [1.165, 1.54) is 5.56 Å². The van der Waals surface area contributed by atoms with Crippen molar-refractivity contribution in [2.24, 2.45) is 0 Å². The molecular weight excluding hydrogens is 375 g/mol. The number of benzene rings is 3. The van der Waals surface area contributed by atoms with Gasteiger partial charge in [-0.1, -0.05) is 77.8 Å². The quantitative estimate of drug-likeness (QED) is 0.395. The zero-order valence-electron chi connectivity index (χ0n) is 14.6. The van der Waals surface area contributed by atoms with Crippen molar-refractivity contribution in [3.05, 3.63) is 100 Å². The molecule has 3 aromatic carbocycles. The summed E-state index contributed by atoms with van der Waals surface area (Å²) in [6, 6.07) is 26.0. The van der Waals surface area contributed by atoms with Gasteiger partial charge in [0, 0.05) is 27.6 Å². The van der Waals surface area contributed by atoms with Crippen molar-refractivity contribution in [1.29, 1.82) is 0 Å². The number of rotatable bonds is 5. The zero-order chi connectivity index (χ0) is 18.6. The molecule has 1 heterocycles. The first kappa shape index (κ1) is 17.8. The number of halogens is 2. The van der Waals surface area contributed by atoms with Crippen molar-refractivity contribution in [3.8, 4) is 22.5 Å². The molecule has 0 fully saturated rings. The molecule has 0 aliphatic rings. The minimum atomic E-state index is 0.725. The summed E-state index contributed by atoms with van der Waals surface area (Å²) in [6.45, 7) is 0. The Hall–Kier alpha value is -2.55. The molecule has 1 N–H and O–H groups in total. The van der Waals surface area contributed by atoms with Gasteiger partial charge in [0.25, 0.3) is 0 Å². The average molecular weight is 393 g/mol. The Morgan fingerprint density at radius 1 is 0.667 bits per heavy atom. The summed E-state index contributed by atoms with van der Waals surface area (Å²) >= 11 is 12.0. The fourth-order valence-electron chi connectivity index (χ4n) is 3.08. The first-order valence-corrected chi connectivity index (χ1v) is 9.59. The Kier molecular flexibility index (Phi) is 5.28. The van der Waals surface area contributed by atoms with Crippen molar-refractivity contribution in [1.82, 2.24) is 9.97 Å². The summed E-state index contributed by atoms with van der Waals surface area (Å²) < 4.78 is 0. The number of hydrogen-bond acceptors (Lipinski definition) is 1. The topological polar surface area (TPSA) is 28.7 Å². The maximum Gasteiger partial charge on any atom is 0.107 e. The van der Waals surface area contributed by atoms with Gasteiger partial charge in [-0.3, -0.25) is 0 Å². The van der Waals surface area contributed by atoms with Crippen LogP contribution in [0, 0.1) is 0 Å². The number of aromatic nitrogens is 2. The van der Waals surface area contributed by atoms with Crippen LogP contribution in [0.3, 0.4) is 0 Å². The first-order chi connectivity index (χ1) is 13.2. The summed E-state index contributed by atoms with van der Waals surface area (Å²) in [4.78, 5) is 8.41. The number of aromatic amines is 1. The van der Waals surface area contributed by atoms with Crippen LogP contribution in [0.15, 0.2) is 78.9 Å². The van der Waals surface area contributed by atoms with Gasteiger partial charge in [0.1, 0.15) is 5.82 Å². The van der Waals surface area contributed by atoms with Crippen LogP contribution in [-0.2, 0) is 12.8 Å². The summed E-state index contributed by atoms with van der Waals surface area (Å²) in [5.74, 6) is 0.966. The summed E-state index contributed by atoms with van der Waals surface area (Å²) in [6.07, 6.45) is 1.73. The van der Waals surface area contributed by atoms with Crippen LogP contribution >= 0.6 is 23.2 Å². The number of H-pyrrole nitrogens is 1. The highest BCUT2D eigenvalue weighted by Crippen LogP contribution is 2.31. The molecule has 0 saturated carbocycles. The van der Waals surface area contributed by atoms with E-state index in [1.807, 2.05) is 54.6 Å². The fraction of sp³-hybridized carbons (Fsp3) is 0.0870. The van der Waals surface area contributed by atoms with E-state index in [1.54, 1.807) is 0 Å². The third-order valence-electron chi connectivity index (χ3n) is 4.50. The normalized spacial score (nSPS) is 10.9. The monoisotopic (exact) mass is 392 g/mol. The number of hydrogen-bond donors (Lipinski definition) is 1. The van der Waals surface area contributed by atoms with Crippen LogP contribution in [-0.4, -0.2) is 9.97 Å². The van der Waals surface area contributed by atoms with E-state index in [0.717, 1.165) is 51.2 Å². The van der Waals surface area contributed by atoms with E-state index in [2.05, 4.69) is 29.2 Å². The zero-order valence-corrected chi connectivity index (χ0v) is 16.1. The van der Waals surface area contributed by atoms with Gasteiger partial charge in [0.05, 0.1) is 11.4 Å². The molecular formula is C23H18Cl2N2. The largest absolute Gasteiger partial charge is 0.341 e. The maximum atomic E-state index is 6.05. The fourth-order valence-corrected chi connectivity index (χ4v) is 3.34. The van der Waals surface area contributed by atoms with Crippen molar-refractivity contribution in [3.63, 3.8) is 0 Å². The summed E-state index contributed by atoms with van der Waals surface area (Å²) in [7, 11) is 0. The molecule has 2 nitrogen and oxygen atoms in total. The minimum absolute atomic E-state index is 0.725. The number of aryl methyl sites for hydroxylation is 2. The average Bonchev–Trinajstić information content (AvgIpc) is 3.13. The van der Waals surface area contributed by atoms with Crippen LogP contribution in [0.25, 0.3) is 22.5 Å². The molecule has 0 spiro atoms. The molecule has 0 aliphatic carbocycles. The SMILES string of the molecule is Clc1ccc(CCc2nc(-c3ccccc3)c(-c3ccc(Cl)cc3)[nH]2)cc1. The maximum absolute atomic E-state index is 6.05. The van der Waals surface area contributed by atoms with E-state index in [9.17, 15) is 0 Å². The molecule has 0 atom stereocenters. The second-order valence-electron chi connectivity index (χ2n) is 6.41. The lowest BCUT2D eigenvalue weighted by Gasteiger charge is -2.03. The molecule has 1 aromatic heterocycles. The van der Waals surface area contributed by atoms with E-state index < -0.39 is 0 Å². The highest BCUT2D eigenvalue weighted by Gasteiger charge is 2.14. The van der Waals surface area contributed by atoms with E-state index in [0.29, 0.717) is 0 Å². The van der Waals surface area contributed by atoms with Crippen molar-refractivity contribution in [2.75, 3.05) is 0 Å². The van der Waals surface area contributed by atoms with Crippen molar-refractivity contribution >= 4 is 23.2 Å². The highest BCUT2D eigenvalue weighted by atomic mass is 35.5. The molecule has 0 bridgehead atoms. The Morgan fingerprint density at radius 2 is 1.30 bits per heavy atom. The Labute approximate surface area is 168 Å². The molecule has 4 heteroatoms. The smallest absolute Gasteiger partial charge is 0.107 e. The standard InChI is InChI=1S/C23H18Cl2N2/c24-19-11-6-16(7-12-19)8-15-21-26-22(17-4-2-1-3-5-17)23(27-21)18-9-13-20(25)14-10-18/h1-7,9-14H,8,15H2,(H,26,27). The lowest BCUT2D eigenvalue weighted by molar-refractivity contribution is 0.886. The van der Waals surface area contributed by atoms with Crippen LogP contribution in [0.1, 0.15) is 11.4 Å². The molecule has 134 valence electrons. The molecule has 0 radical (unpaired) electrons. The van der Waals surface area contributed by atoms with Gasteiger partial charge in [-0.05, 0) is 36.2 Å². The molecule has 4 rings (SSSR count). The lowest BCUT2D eigenvalue weighted by atomic mass is 10.1. The second-order valence-corrected chi connectivity index (χ2v) is 7.28. The Balaban J connectivity index is 1.67. The predicted octanol–water partition coefficient (Wildman–Crippen LogP) is 6.84. The molecule has 4 aromatic rings. The van der Waals surface area contributed by atoms with Gasteiger partial charge >= 0.3 is 0 Å². The molecule has 0 aliphatic heterocycles. The van der Waals surface area contributed by atoms with Crippen LogP contribution in [0.2, 0.25) is 10.0 Å².